The van der Waals surface area contributed by atoms with E-state index in [2.05, 4.69) is 0 Å². The minimum absolute atomic E-state index is 0.0393. The molecule has 0 aromatic heterocycles. The molecule has 0 aliphatic heterocycles. The number of ether oxygens (including phenoxy) is 1. The molecule has 0 aliphatic carbocycles. The Bertz CT molecular complexity index is 727. The van der Waals surface area contributed by atoms with E-state index in [1.54, 1.807) is 12.1 Å². The maximum atomic E-state index is 11.1. The molecule has 2 aromatic rings. The maximum Gasteiger partial charge on any atom is 0.492 e. The predicted molar refractivity (Wildman–Crippen MR) is 83.6 cm³/mol. The van der Waals surface area contributed by atoms with Gasteiger partial charge in [0.1, 0.15) is 15.6 Å². The lowest BCUT2D eigenvalue weighted by molar-refractivity contribution is 0.318. The highest BCUT2D eigenvalue weighted by Crippen LogP contribution is 2.19. The molecule has 0 atom stereocenters. The number of hydrogen-bond acceptors (Lipinski definition) is 5. The Hall–Kier alpha value is -1.57. The van der Waals surface area contributed by atoms with E-state index >= 15 is 0 Å². The summed E-state index contributed by atoms with van der Waals surface area (Å²) in [6, 6.07) is 10.8. The van der Waals surface area contributed by atoms with Crippen molar-refractivity contribution in [3.8, 4) is 5.75 Å². The van der Waals surface area contributed by atoms with Crippen molar-refractivity contribution in [2.45, 2.75) is 6.42 Å². The van der Waals surface area contributed by atoms with Crippen LogP contribution < -0.4 is 10.2 Å². The van der Waals surface area contributed by atoms with Crippen LogP contribution in [0.25, 0.3) is 10.8 Å². The van der Waals surface area contributed by atoms with Gasteiger partial charge in [0.2, 0.25) is 0 Å². The average molecular weight is 308 g/mol. The van der Waals surface area contributed by atoms with Gasteiger partial charge < -0.3 is 14.8 Å². The molecule has 0 bridgehead atoms. The Balaban J connectivity index is 2.21. The molecule has 0 spiro atoms. The number of sulfone groups is 1. The summed E-state index contributed by atoms with van der Waals surface area (Å²) >= 11 is 0. The highest BCUT2D eigenvalue weighted by atomic mass is 32.2. The van der Waals surface area contributed by atoms with Crippen LogP contribution in [0.1, 0.15) is 6.42 Å². The summed E-state index contributed by atoms with van der Waals surface area (Å²) < 4.78 is 27.6. The standard InChI is InChI=1S/C14H17BO5S/c1-21(18,19)10-4-9-20-13-8-7-11-5-2-3-6-12(11)14(13)15(16)17/h2-3,5-8,16-17H,4,9-10H2,1H3. The predicted octanol–water partition coefficient (Wildman–Crippen LogP) is 0.333. The number of fused-ring (bicyclic) bond motifs is 1. The maximum absolute atomic E-state index is 11.1. The molecule has 2 N–H and O–H groups in total. The van der Waals surface area contributed by atoms with Crippen LogP contribution in [-0.4, -0.2) is 44.2 Å². The molecule has 2 aromatic carbocycles. The summed E-state index contributed by atoms with van der Waals surface area (Å²) in [6.07, 6.45) is 1.53. The molecule has 0 amide bonds. The molecule has 0 heterocycles. The second kappa shape index (κ2) is 6.47. The summed E-state index contributed by atoms with van der Waals surface area (Å²) in [5.41, 5.74) is 0.299. The normalized spacial score (nSPS) is 11.6. The Morgan fingerprint density at radius 2 is 1.86 bits per heavy atom. The molecule has 0 unspecified atom stereocenters. The summed E-state index contributed by atoms with van der Waals surface area (Å²) in [6.45, 7) is 0.200. The van der Waals surface area contributed by atoms with Gasteiger partial charge in [0, 0.05) is 11.7 Å². The van der Waals surface area contributed by atoms with Crippen LogP contribution in [0.4, 0.5) is 0 Å². The van der Waals surface area contributed by atoms with E-state index < -0.39 is 17.0 Å². The van der Waals surface area contributed by atoms with Crippen molar-refractivity contribution < 1.29 is 23.2 Å². The third-order valence-corrected chi connectivity index (χ3v) is 4.14. The SMILES string of the molecule is CS(=O)(=O)CCCOc1ccc2ccccc2c1B(O)O. The second-order valence-electron chi connectivity index (χ2n) is 4.90. The molecule has 0 aliphatic rings. The zero-order chi connectivity index (χ0) is 15.5. The van der Waals surface area contributed by atoms with E-state index in [-0.39, 0.29) is 12.4 Å². The molecule has 21 heavy (non-hydrogen) atoms. The van der Waals surface area contributed by atoms with Crippen molar-refractivity contribution in [2.24, 2.45) is 0 Å². The molecule has 2 rings (SSSR count). The van der Waals surface area contributed by atoms with Crippen LogP contribution in [0.15, 0.2) is 36.4 Å². The van der Waals surface area contributed by atoms with Gasteiger partial charge in [-0.3, -0.25) is 0 Å². The Kier molecular flexibility index (Phi) is 4.87. The van der Waals surface area contributed by atoms with Crippen LogP contribution in [0.5, 0.6) is 5.75 Å². The van der Waals surface area contributed by atoms with E-state index in [0.29, 0.717) is 23.0 Å². The lowest BCUT2D eigenvalue weighted by Crippen LogP contribution is -2.32. The minimum atomic E-state index is -3.02. The van der Waals surface area contributed by atoms with Crippen molar-refractivity contribution in [3.05, 3.63) is 36.4 Å². The topological polar surface area (TPSA) is 83.8 Å². The van der Waals surface area contributed by atoms with Gasteiger partial charge in [-0.05, 0) is 23.3 Å². The van der Waals surface area contributed by atoms with E-state index in [4.69, 9.17) is 4.74 Å². The molecule has 0 fully saturated rings. The van der Waals surface area contributed by atoms with Crippen molar-refractivity contribution in [1.82, 2.24) is 0 Å². The largest absolute Gasteiger partial charge is 0.494 e. The van der Waals surface area contributed by atoms with E-state index in [0.717, 1.165) is 5.39 Å². The quantitative estimate of drug-likeness (QED) is 0.593. The van der Waals surface area contributed by atoms with E-state index in [9.17, 15) is 18.5 Å². The lowest BCUT2D eigenvalue weighted by atomic mass is 9.76. The second-order valence-corrected chi connectivity index (χ2v) is 7.16. The molecule has 112 valence electrons. The van der Waals surface area contributed by atoms with Gasteiger partial charge in [0.05, 0.1) is 12.4 Å². The zero-order valence-corrected chi connectivity index (χ0v) is 12.5. The molecule has 0 radical (unpaired) electrons. The number of benzene rings is 2. The first-order valence-electron chi connectivity index (χ1n) is 6.57. The monoisotopic (exact) mass is 308 g/mol. The first kappa shape index (κ1) is 15.8. The number of rotatable bonds is 6. The molecule has 0 saturated heterocycles. The fourth-order valence-electron chi connectivity index (χ4n) is 2.17. The molecule has 0 saturated carbocycles. The number of hydrogen-bond donors (Lipinski definition) is 2. The van der Waals surface area contributed by atoms with Crippen molar-refractivity contribution >= 4 is 33.2 Å². The van der Waals surface area contributed by atoms with Gasteiger partial charge in [-0.1, -0.05) is 30.3 Å². The molecule has 7 heteroatoms. The average Bonchev–Trinajstić information content (AvgIpc) is 2.41. The summed E-state index contributed by atoms with van der Waals surface area (Å²) in [5, 5.41) is 20.7. The lowest BCUT2D eigenvalue weighted by Gasteiger charge is -2.13. The smallest absolute Gasteiger partial charge is 0.492 e. The third-order valence-electron chi connectivity index (χ3n) is 3.11. The van der Waals surface area contributed by atoms with Crippen LogP contribution in [0.3, 0.4) is 0 Å². The Morgan fingerprint density at radius 3 is 2.52 bits per heavy atom. The summed E-state index contributed by atoms with van der Waals surface area (Å²) in [7, 11) is -4.67. The van der Waals surface area contributed by atoms with Crippen LogP contribution in [0, 0.1) is 0 Å². The van der Waals surface area contributed by atoms with Crippen LogP contribution in [-0.2, 0) is 9.84 Å². The van der Waals surface area contributed by atoms with Gasteiger partial charge in [0.25, 0.3) is 0 Å². The fourth-order valence-corrected chi connectivity index (χ4v) is 2.81. The van der Waals surface area contributed by atoms with Gasteiger partial charge in [0.15, 0.2) is 0 Å². The van der Waals surface area contributed by atoms with Gasteiger partial charge in [-0.25, -0.2) is 8.42 Å². The zero-order valence-electron chi connectivity index (χ0n) is 11.7. The van der Waals surface area contributed by atoms with Crippen molar-refractivity contribution in [1.29, 1.82) is 0 Å². The Labute approximate surface area is 124 Å². The summed E-state index contributed by atoms with van der Waals surface area (Å²) in [4.78, 5) is 0. The van der Waals surface area contributed by atoms with Crippen molar-refractivity contribution in [2.75, 3.05) is 18.6 Å². The third kappa shape index (κ3) is 4.20. The van der Waals surface area contributed by atoms with E-state index in [1.807, 2.05) is 24.3 Å². The van der Waals surface area contributed by atoms with Gasteiger partial charge in [-0.2, -0.15) is 0 Å². The highest BCUT2D eigenvalue weighted by Gasteiger charge is 2.20. The van der Waals surface area contributed by atoms with Crippen LogP contribution in [0.2, 0.25) is 0 Å². The molecular formula is C14H17BO5S. The molecule has 5 nitrogen and oxygen atoms in total. The first-order chi connectivity index (χ1) is 9.88. The van der Waals surface area contributed by atoms with Crippen LogP contribution >= 0.6 is 0 Å². The highest BCUT2D eigenvalue weighted by molar-refractivity contribution is 7.90. The Morgan fingerprint density at radius 1 is 1.14 bits per heavy atom. The minimum Gasteiger partial charge on any atom is -0.494 e. The van der Waals surface area contributed by atoms with Gasteiger partial charge >= 0.3 is 7.12 Å². The molecular weight excluding hydrogens is 291 g/mol. The summed E-state index contributed by atoms with van der Waals surface area (Å²) in [5.74, 6) is 0.398. The van der Waals surface area contributed by atoms with E-state index in [1.165, 1.54) is 6.26 Å². The fraction of sp³-hybridized carbons (Fsp3) is 0.286. The van der Waals surface area contributed by atoms with Crippen molar-refractivity contribution in [3.63, 3.8) is 0 Å². The van der Waals surface area contributed by atoms with Gasteiger partial charge in [-0.15, -0.1) is 0 Å². The first-order valence-corrected chi connectivity index (χ1v) is 8.63.